The third-order valence-electron chi connectivity index (χ3n) is 2.86. The van der Waals surface area contributed by atoms with Gasteiger partial charge in [0.2, 0.25) is 0 Å². The van der Waals surface area contributed by atoms with Crippen LogP contribution in [0, 0.1) is 17.6 Å². The van der Waals surface area contributed by atoms with E-state index in [1.165, 1.54) is 0 Å². The molecule has 0 saturated carbocycles. The summed E-state index contributed by atoms with van der Waals surface area (Å²) in [5, 5.41) is 3.14. The van der Waals surface area contributed by atoms with Crippen LogP contribution in [0.4, 0.5) is 8.78 Å². The Morgan fingerprint density at radius 2 is 1.65 bits per heavy atom. The van der Waals surface area contributed by atoms with Crippen LogP contribution in [0.1, 0.15) is 23.2 Å². The molecule has 0 amide bonds. The number of piperidine rings is 1. The molecule has 1 aliphatic rings. The monoisotopic (exact) mass is 261 g/mol. The third-order valence-corrected chi connectivity index (χ3v) is 2.86. The zero-order valence-corrected chi connectivity index (χ0v) is 10.0. The first-order valence-corrected chi connectivity index (χ1v) is 5.38. The maximum atomic E-state index is 13.0. The number of hydrogen-bond donors (Lipinski definition) is 1. The first-order chi connectivity index (χ1) is 7.66. The lowest BCUT2D eigenvalue weighted by Crippen LogP contribution is -2.31. The van der Waals surface area contributed by atoms with E-state index >= 15 is 0 Å². The number of rotatable bonds is 2. The van der Waals surface area contributed by atoms with E-state index in [1.54, 1.807) is 0 Å². The molecule has 0 bridgehead atoms. The molecule has 1 aromatic carbocycles. The Bertz CT molecular complexity index is 385. The van der Waals surface area contributed by atoms with Gasteiger partial charge in [0.05, 0.1) is 0 Å². The molecule has 0 spiro atoms. The van der Waals surface area contributed by atoms with Gasteiger partial charge in [0.15, 0.2) is 5.78 Å². The van der Waals surface area contributed by atoms with Crippen molar-refractivity contribution in [1.29, 1.82) is 0 Å². The van der Waals surface area contributed by atoms with Crippen LogP contribution in [0.3, 0.4) is 0 Å². The highest BCUT2D eigenvalue weighted by atomic mass is 35.5. The molecular formula is C12H14ClF2NO. The van der Waals surface area contributed by atoms with E-state index in [4.69, 9.17) is 0 Å². The molecular weight excluding hydrogens is 248 g/mol. The zero-order valence-electron chi connectivity index (χ0n) is 9.21. The van der Waals surface area contributed by atoms with E-state index in [1.807, 2.05) is 0 Å². The van der Waals surface area contributed by atoms with Crippen molar-refractivity contribution in [2.24, 2.45) is 5.92 Å². The molecule has 0 atom stereocenters. The van der Waals surface area contributed by atoms with Crippen LogP contribution in [0.15, 0.2) is 18.2 Å². The topological polar surface area (TPSA) is 29.1 Å². The van der Waals surface area contributed by atoms with Crippen LogP contribution in [0.2, 0.25) is 0 Å². The van der Waals surface area contributed by atoms with Crippen LogP contribution in [0.5, 0.6) is 0 Å². The summed E-state index contributed by atoms with van der Waals surface area (Å²) in [6.45, 7) is 1.57. The highest BCUT2D eigenvalue weighted by Gasteiger charge is 2.22. The number of halogens is 3. The number of hydrogen-bond acceptors (Lipinski definition) is 2. The minimum atomic E-state index is -0.697. The minimum Gasteiger partial charge on any atom is -0.317 e. The molecule has 1 fully saturated rings. The second-order valence-corrected chi connectivity index (χ2v) is 4.05. The van der Waals surface area contributed by atoms with Gasteiger partial charge in [-0.05, 0) is 38.1 Å². The number of ketones is 1. The zero-order chi connectivity index (χ0) is 11.5. The summed E-state index contributed by atoms with van der Waals surface area (Å²) >= 11 is 0. The quantitative estimate of drug-likeness (QED) is 0.829. The first kappa shape index (κ1) is 14.1. The van der Waals surface area contributed by atoms with E-state index < -0.39 is 11.6 Å². The van der Waals surface area contributed by atoms with E-state index in [0.717, 1.165) is 44.1 Å². The third kappa shape index (κ3) is 3.48. The maximum Gasteiger partial charge on any atom is 0.166 e. The number of benzene rings is 1. The number of carbonyl (C=O) groups excluding carboxylic acids is 1. The summed E-state index contributed by atoms with van der Waals surface area (Å²) in [7, 11) is 0. The summed E-state index contributed by atoms with van der Waals surface area (Å²) in [4.78, 5) is 11.9. The lowest BCUT2D eigenvalue weighted by atomic mass is 9.89. The molecule has 1 saturated heterocycles. The standard InChI is InChI=1S/C12H13F2NO.ClH/c13-10-5-9(6-11(14)7-10)12(16)8-1-3-15-4-2-8;/h5-8,15H,1-4H2;1H. The van der Waals surface area contributed by atoms with Crippen molar-refractivity contribution in [2.75, 3.05) is 13.1 Å². The smallest absolute Gasteiger partial charge is 0.166 e. The van der Waals surface area contributed by atoms with Crippen molar-refractivity contribution in [3.05, 3.63) is 35.4 Å². The predicted molar refractivity (Wildman–Crippen MR) is 63.5 cm³/mol. The molecule has 0 unspecified atom stereocenters. The van der Waals surface area contributed by atoms with Gasteiger partial charge in [0.1, 0.15) is 11.6 Å². The van der Waals surface area contributed by atoms with Gasteiger partial charge in [-0.15, -0.1) is 12.4 Å². The Morgan fingerprint density at radius 3 is 2.18 bits per heavy atom. The molecule has 2 rings (SSSR count). The van der Waals surface area contributed by atoms with Crippen molar-refractivity contribution in [2.45, 2.75) is 12.8 Å². The molecule has 94 valence electrons. The normalized spacial score (nSPS) is 16.4. The highest BCUT2D eigenvalue weighted by Crippen LogP contribution is 2.19. The summed E-state index contributed by atoms with van der Waals surface area (Å²) in [6.07, 6.45) is 1.47. The number of nitrogens with one attached hydrogen (secondary N) is 1. The van der Waals surface area contributed by atoms with Gasteiger partial charge in [0.25, 0.3) is 0 Å². The minimum absolute atomic E-state index is 0. The molecule has 1 aromatic rings. The highest BCUT2D eigenvalue weighted by molar-refractivity contribution is 5.97. The van der Waals surface area contributed by atoms with Crippen molar-refractivity contribution < 1.29 is 13.6 Å². The van der Waals surface area contributed by atoms with Crippen molar-refractivity contribution in [1.82, 2.24) is 5.32 Å². The molecule has 0 aromatic heterocycles. The van der Waals surface area contributed by atoms with E-state index in [0.29, 0.717) is 0 Å². The number of Topliss-reactive ketones (excluding diaryl/α,β-unsaturated/α-hetero) is 1. The van der Waals surface area contributed by atoms with Gasteiger partial charge in [-0.25, -0.2) is 8.78 Å². The maximum absolute atomic E-state index is 13.0. The molecule has 1 N–H and O–H groups in total. The Kier molecular flexibility index (Phi) is 5.02. The average molecular weight is 262 g/mol. The predicted octanol–water partition coefficient (Wildman–Crippen LogP) is 2.57. The van der Waals surface area contributed by atoms with E-state index in [-0.39, 0.29) is 29.7 Å². The Labute approximate surface area is 105 Å². The summed E-state index contributed by atoms with van der Waals surface area (Å²) in [6, 6.07) is 2.99. The SMILES string of the molecule is Cl.O=C(c1cc(F)cc(F)c1)C1CCNCC1. The summed E-state index contributed by atoms with van der Waals surface area (Å²) in [5.74, 6) is -1.66. The molecule has 1 aliphatic heterocycles. The summed E-state index contributed by atoms with van der Waals surface area (Å²) < 4.78 is 25.9. The molecule has 2 nitrogen and oxygen atoms in total. The van der Waals surface area contributed by atoms with Gasteiger partial charge in [-0.2, -0.15) is 0 Å². The van der Waals surface area contributed by atoms with Gasteiger partial charge in [-0.3, -0.25) is 4.79 Å². The molecule has 0 radical (unpaired) electrons. The molecule has 17 heavy (non-hydrogen) atoms. The second-order valence-electron chi connectivity index (χ2n) is 4.05. The van der Waals surface area contributed by atoms with Crippen molar-refractivity contribution >= 4 is 18.2 Å². The number of carbonyl (C=O) groups is 1. The molecule has 0 aliphatic carbocycles. The Balaban J connectivity index is 0.00000144. The lowest BCUT2D eigenvalue weighted by Gasteiger charge is -2.21. The van der Waals surface area contributed by atoms with Crippen LogP contribution in [-0.2, 0) is 0 Å². The van der Waals surface area contributed by atoms with Gasteiger partial charge in [0, 0.05) is 17.5 Å². The summed E-state index contributed by atoms with van der Waals surface area (Å²) in [5.41, 5.74) is 0.143. The second kappa shape index (κ2) is 6.07. The van der Waals surface area contributed by atoms with Crippen LogP contribution in [-0.4, -0.2) is 18.9 Å². The van der Waals surface area contributed by atoms with Crippen molar-refractivity contribution in [3.8, 4) is 0 Å². The van der Waals surface area contributed by atoms with Gasteiger partial charge >= 0.3 is 0 Å². The van der Waals surface area contributed by atoms with Crippen LogP contribution < -0.4 is 5.32 Å². The van der Waals surface area contributed by atoms with Gasteiger partial charge < -0.3 is 5.32 Å². The van der Waals surface area contributed by atoms with Crippen LogP contribution in [0.25, 0.3) is 0 Å². The fraction of sp³-hybridized carbons (Fsp3) is 0.417. The fourth-order valence-corrected chi connectivity index (χ4v) is 2.02. The lowest BCUT2D eigenvalue weighted by molar-refractivity contribution is 0.0894. The molecule has 1 heterocycles. The fourth-order valence-electron chi connectivity index (χ4n) is 2.02. The van der Waals surface area contributed by atoms with E-state index in [9.17, 15) is 13.6 Å². The largest absolute Gasteiger partial charge is 0.317 e. The molecule has 5 heteroatoms. The van der Waals surface area contributed by atoms with Gasteiger partial charge in [-0.1, -0.05) is 0 Å². The average Bonchev–Trinajstić information content (AvgIpc) is 2.28. The Hall–Kier alpha value is -1.00. The van der Waals surface area contributed by atoms with E-state index in [2.05, 4.69) is 5.32 Å². The van der Waals surface area contributed by atoms with Crippen molar-refractivity contribution in [3.63, 3.8) is 0 Å². The Morgan fingerprint density at radius 1 is 1.12 bits per heavy atom. The first-order valence-electron chi connectivity index (χ1n) is 5.38. The van der Waals surface area contributed by atoms with Crippen LogP contribution >= 0.6 is 12.4 Å².